The van der Waals surface area contributed by atoms with Crippen LogP contribution in [0, 0.1) is 0 Å². The summed E-state index contributed by atoms with van der Waals surface area (Å²) in [5.41, 5.74) is 2.60. The summed E-state index contributed by atoms with van der Waals surface area (Å²) < 4.78 is 0. The van der Waals surface area contributed by atoms with Crippen molar-refractivity contribution in [2.45, 2.75) is 19.8 Å². The molecule has 0 atom stereocenters. The van der Waals surface area contributed by atoms with Gasteiger partial charge in [-0.3, -0.25) is 9.78 Å². The van der Waals surface area contributed by atoms with Crippen LogP contribution in [0.2, 0.25) is 0 Å². The largest absolute Gasteiger partial charge is 0.368 e. The molecule has 0 aliphatic carbocycles. The quantitative estimate of drug-likeness (QED) is 0.928. The predicted molar refractivity (Wildman–Crippen MR) is 100 cm³/mol. The number of anilines is 2. The molecular formula is C19H25N5O. The van der Waals surface area contributed by atoms with Crippen LogP contribution in [0.15, 0.2) is 36.7 Å². The molecule has 6 heteroatoms. The molecule has 2 aromatic rings. The zero-order chi connectivity index (χ0) is 17.8. The number of carbonyl (C=O) groups is 1. The number of pyridine rings is 2. The summed E-state index contributed by atoms with van der Waals surface area (Å²) in [6, 6.07) is 7.54. The zero-order valence-electron chi connectivity index (χ0n) is 15.1. The molecule has 2 aromatic heterocycles. The van der Waals surface area contributed by atoms with Crippen molar-refractivity contribution in [1.82, 2.24) is 14.9 Å². The molecule has 132 valence electrons. The third-order valence-corrected chi connectivity index (χ3v) is 4.54. The zero-order valence-corrected chi connectivity index (χ0v) is 15.1. The van der Waals surface area contributed by atoms with Crippen molar-refractivity contribution in [2.75, 3.05) is 43.4 Å². The summed E-state index contributed by atoms with van der Waals surface area (Å²) in [5, 5.41) is 2.80. The van der Waals surface area contributed by atoms with Gasteiger partial charge in [0.25, 0.3) is 5.91 Å². The van der Waals surface area contributed by atoms with Crippen LogP contribution in [-0.4, -0.2) is 54.0 Å². The summed E-state index contributed by atoms with van der Waals surface area (Å²) in [4.78, 5) is 25.5. The van der Waals surface area contributed by atoms with E-state index in [0.717, 1.165) is 37.4 Å². The maximum Gasteiger partial charge on any atom is 0.275 e. The Morgan fingerprint density at radius 1 is 1.04 bits per heavy atom. The molecule has 3 heterocycles. The number of piperazine rings is 1. The Labute approximate surface area is 148 Å². The van der Waals surface area contributed by atoms with Crippen molar-refractivity contribution >= 4 is 17.4 Å². The monoisotopic (exact) mass is 339 g/mol. The van der Waals surface area contributed by atoms with E-state index in [1.165, 1.54) is 0 Å². The van der Waals surface area contributed by atoms with Crippen LogP contribution >= 0.6 is 0 Å². The molecule has 0 radical (unpaired) electrons. The number of hydrogen-bond acceptors (Lipinski definition) is 5. The van der Waals surface area contributed by atoms with Crippen LogP contribution in [0.25, 0.3) is 0 Å². The van der Waals surface area contributed by atoms with Crippen molar-refractivity contribution in [3.63, 3.8) is 0 Å². The highest BCUT2D eigenvalue weighted by atomic mass is 16.1. The van der Waals surface area contributed by atoms with Gasteiger partial charge < -0.3 is 15.1 Å². The number of amides is 1. The molecule has 0 spiro atoms. The van der Waals surface area contributed by atoms with Crippen LogP contribution in [0.1, 0.15) is 35.8 Å². The summed E-state index contributed by atoms with van der Waals surface area (Å²) in [6.07, 6.45) is 3.57. The predicted octanol–water partition coefficient (Wildman–Crippen LogP) is 2.60. The van der Waals surface area contributed by atoms with Crippen LogP contribution in [0.3, 0.4) is 0 Å². The molecule has 1 aliphatic rings. The third kappa shape index (κ3) is 4.33. The summed E-state index contributed by atoms with van der Waals surface area (Å²) >= 11 is 0. The number of likely N-dealkylation sites (N-methyl/N-ethyl adjacent to an activating group) is 1. The van der Waals surface area contributed by atoms with Crippen molar-refractivity contribution in [1.29, 1.82) is 0 Å². The van der Waals surface area contributed by atoms with Crippen molar-refractivity contribution in [2.24, 2.45) is 0 Å². The molecule has 1 aliphatic heterocycles. The molecule has 0 bridgehead atoms. The van der Waals surface area contributed by atoms with Gasteiger partial charge >= 0.3 is 0 Å². The van der Waals surface area contributed by atoms with E-state index in [9.17, 15) is 4.79 Å². The standard InChI is InChI=1S/C19H25N5O/c1-14(2)15-4-6-17(20-12-15)19(25)22-18-7-5-16(13-21-18)24-10-8-23(3)9-11-24/h4-7,12-14H,8-11H2,1-3H3,(H,21,22,25). The highest BCUT2D eigenvalue weighted by Gasteiger charge is 2.15. The Morgan fingerprint density at radius 3 is 2.36 bits per heavy atom. The first-order valence-corrected chi connectivity index (χ1v) is 8.70. The number of carbonyl (C=O) groups excluding carboxylic acids is 1. The first kappa shape index (κ1) is 17.4. The normalized spacial score (nSPS) is 15.4. The van der Waals surface area contributed by atoms with Crippen molar-refractivity contribution in [3.05, 3.63) is 47.9 Å². The van der Waals surface area contributed by atoms with E-state index in [4.69, 9.17) is 0 Å². The van der Waals surface area contributed by atoms with Gasteiger partial charge in [-0.05, 0) is 36.7 Å². The lowest BCUT2D eigenvalue weighted by Gasteiger charge is -2.33. The highest BCUT2D eigenvalue weighted by Crippen LogP contribution is 2.17. The van der Waals surface area contributed by atoms with Crippen LogP contribution in [0.4, 0.5) is 11.5 Å². The smallest absolute Gasteiger partial charge is 0.275 e. The third-order valence-electron chi connectivity index (χ3n) is 4.54. The fraction of sp³-hybridized carbons (Fsp3) is 0.421. The minimum absolute atomic E-state index is 0.241. The Hall–Kier alpha value is -2.47. The van der Waals surface area contributed by atoms with E-state index < -0.39 is 0 Å². The minimum atomic E-state index is -0.241. The fourth-order valence-corrected chi connectivity index (χ4v) is 2.77. The van der Waals surface area contributed by atoms with Crippen LogP contribution < -0.4 is 10.2 Å². The first-order valence-electron chi connectivity index (χ1n) is 8.70. The maximum atomic E-state index is 12.3. The lowest BCUT2D eigenvalue weighted by Crippen LogP contribution is -2.44. The van der Waals surface area contributed by atoms with E-state index in [1.54, 1.807) is 12.3 Å². The van der Waals surface area contributed by atoms with Gasteiger partial charge in [-0.15, -0.1) is 0 Å². The second-order valence-electron chi connectivity index (χ2n) is 6.78. The molecule has 25 heavy (non-hydrogen) atoms. The number of nitrogens with zero attached hydrogens (tertiary/aromatic N) is 4. The number of nitrogens with one attached hydrogen (secondary N) is 1. The number of rotatable bonds is 4. The Bertz CT molecular complexity index is 704. The van der Waals surface area contributed by atoms with Gasteiger partial charge in [-0.2, -0.15) is 0 Å². The molecule has 0 aromatic carbocycles. The average molecular weight is 339 g/mol. The lowest BCUT2D eigenvalue weighted by molar-refractivity contribution is 0.102. The van der Waals surface area contributed by atoms with Gasteiger partial charge in [0.15, 0.2) is 0 Å². The summed E-state index contributed by atoms with van der Waals surface area (Å²) in [6.45, 7) is 8.30. The molecule has 1 fully saturated rings. The van der Waals surface area contributed by atoms with Gasteiger partial charge in [-0.1, -0.05) is 19.9 Å². The summed E-state index contributed by atoms with van der Waals surface area (Å²) in [5.74, 6) is 0.696. The fourth-order valence-electron chi connectivity index (χ4n) is 2.77. The first-order chi connectivity index (χ1) is 12.0. The van der Waals surface area contributed by atoms with E-state index in [2.05, 4.69) is 46.0 Å². The van der Waals surface area contributed by atoms with Gasteiger partial charge in [0.05, 0.1) is 11.9 Å². The van der Waals surface area contributed by atoms with Crippen molar-refractivity contribution in [3.8, 4) is 0 Å². The van der Waals surface area contributed by atoms with Crippen molar-refractivity contribution < 1.29 is 4.79 Å². The Morgan fingerprint density at radius 2 is 1.80 bits per heavy atom. The van der Waals surface area contributed by atoms with E-state index >= 15 is 0 Å². The Kier molecular flexibility index (Phi) is 5.28. The van der Waals surface area contributed by atoms with Gasteiger partial charge in [0.1, 0.15) is 11.5 Å². The van der Waals surface area contributed by atoms with E-state index in [1.807, 2.05) is 24.4 Å². The van der Waals surface area contributed by atoms with Crippen LogP contribution in [0.5, 0.6) is 0 Å². The number of aromatic nitrogens is 2. The second-order valence-corrected chi connectivity index (χ2v) is 6.78. The molecule has 0 saturated carbocycles. The molecular weight excluding hydrogens is 314 g/mol. The molecule has 1 saturated heterocycles. The molecule has 6 nitrogen and oxygen atoms in total. The highest BCUT2D eigenvalue weighted by molar-refractivity contribution is 6.02. The average Bonchev–Trinajstić information content (AvgIpc) is 2.63. The topological polar surface area (TPSA) is 61.4 Å². The molecule has 3 rings (SSSR count). The lowest BCUT2D eigenvalue weighted by atomic mass is 10.1. The van der Waals surface area contributed by atoms with Gasteiger partial charge in [-0.25, -0.2) is 4.98 Å². The van der Waals surface area contributed by atoms with Gasteiger partial charge in [0, 0.05) is 32.4 Å². The molecule has 1 N–H and O–H groups in total. The summed E-state index contributed by atoms with van der Waals surface area (Å²) in [7, 11) is 2.13. The van der Waals surface area contributed by atoms with E-state index in [0.29, 0.717) is 17.4 Å². The minimum Gasteiger partial charge on any atom is -0.368 e. The second kappa shape index (κ2) is 7.61. The van der Waals surface area contributed by atoms with Gasteiger partial charge in [0.2, 0.25) is 0 Å². The number of hydrogen-bond donors (Lipinski definition) is 1. The van der Waals surface area contributed by atoms with E-state index in [-0.39, 0.29) is 5.91 Å². The molecule has 0 unspecified atom stereocenters. The SMILES string of the molecule is CC(C)c1ccc(C(=O)Nc2ccc(N3CCN(C)CC3)cn2)nc1. The molecule has 1 amide bonds. The maximum absolute atomic E-state index is 12.3. The Balaban J connectivity index is 1.61. The van der Waals surface area contributed by atoms with Crippen LogP contribution in [-0.2, 0) is 0 Å².